The first-order valence-electron chi connectivity index (χ1n) is 2.39. The standard InChI is InChI=1S/C4H7NO4S/c5-2(1-10)3(6)9-4(7)8/h2,10H,1,5H2,(H,7,8)/t2-/m0/s1. The molecule has 1 atom stereocenters. The van der Waals surface area contributed by atoms with Gasteiger partial charge in [-0.3, -0.25) is 0 Å². The van der Waals surface area contributed by atoms with E-state index in [9.17, 15) is 9.59 Å². The maximum atomic E-state index is 10.4. The summed E-state index contributed by atoms with van der Waals surface area (Å²) in [7, 11) is 0. The van der Waals surface area contributed by atoms with Crippen LogP contribution < -0.4 is 5.73 Å². The monoisotopic (exact) mass is 165 g/mol. The molecule has 0 radical (unpaired) electrons. The topological polar surface area (TPSA) is 89.6 Å². The number of carbonyl (C=O) groups excluding carboxylic acids is 1. The lowest BCUT2D eigenvalue weighted by atomic mass is 10.4. The van der Waals surface area contributed by atoms with E-state index in [1.54, 1.807) is 0 Å². The number of rotatable bonds is 2. The Bertz CT molecular complexity index is 148. The first-order valence-corrected chi connectivity index (χ1v) is 3.02. The highest BCUT2D eigenvalue weighted by atomic mass is 32.1. The highest BCUT2D eigenvalue weighted by Gasteiger charge is 2.15. The molecule has 0 aliphatic rings. The molecular weight excluding hydrogens is 158 g/mol. The van der Waals surface area contributed by atoms with Crippen LogP contribution in [0.1, 0.15) is 0 Å². The van der Waals surface area contributed by atoms with Crippen LogP contribution in [-0.4, -0.2) is 29.0 Å². The van der Waals surface area contributed by atoms with Crippen molar-refractivity contribution in [3.05, 3.63) is 0 Å². The predicted molar refractivity (Wildman–Crippen MR) is 35.9 cm³/mol. The molecule has 0 amide bonds. The largest absolute Gasteiger partial charge is 0.513 e. The first kappa shape index (κ1) is 9.25. The van der Waals surface area contributed by atoms with Crippen LogP contribution >= 0.6 is 12.6 Å². The zero-order valence-electron chi connectivity index (χ0n) is 4.98. The molecule has 3 N–H and O–H groups in total. The van der Waals surface area contributed by atoms with Gasteiger partial charge in [0.05, 0.1) is 0 Å². The van der Waals surface area contributed by atoms with Crippen molar-refractivity contribution in [2.24, 2.45) is 5.73 Å². The molecule has 0 saturated heterocycles. The van der Waals surface area contributed by atoms with Crippen LogP contribution in [0, 0.1) is 0 Å². The molecule has 6 heteroatoms. The molecule has 0 rings (SSSR count). The number of thiol groups is 1. The Kier molecular flexibility index (Phi) is 3.82. The predicted octanol–water partition coefficient (Wildman–Crippen LogP) is -0.535. The molecule has 0 aromatic rings. The summed E-state index contributed by atoms with van der Waals surface area (Å²) in [4.78, 5) is 20.1. The van der Waals surface area contributed by atoms with Crippen LogP contribution in [-0.2, 0) is 9.53 Å². The minimum Gasteiger partial charge on any atom is -0.449 e. The van der Waals surface area contributed by atoms with E-state index in [1.807, 2.05) is 0 Å². The fourth-order valence-corrected chi connectivity index (χ4v) is 0.385. The molecule has 58 valence electrons. The highest BCUT2D eigenvalue weighted by Crippen LogP contribution is 1.88. The molecule has 10 heavy (non-hydrogen) atoms. The second kappa shape index (κ2) is 4.13. The summed E-state index contributed by atoms with van der Waals surface area (Å²) >= 11 is 3.66. The van der Waals surface area contributed by atoms with Gasteiger partial charge in [0.1, 0.15) is 6.04 Å². The lowest BCUT2D eigenvalue weighted by Gasteiger charge is -2.02. The normalized spacial score (nSPS) is 12.2. The highest BCUT2D eigenvalue weighted by molar-refractivity contribution is 7.80. The Morgan fingerprint density at radius 3 is 2.50 bits per heavy atom. The summed E-state index contributed by atoms with van der Waals surface area (Å²) in [6.45, 7) is 0. The van der Waals surface area contributed by atoms with Gasteiger partial charge in [-0.2, -0.15) is 12.6 Å². The van der Waals surface area contributed by atoms with Crippen molar-refractivity contribution < 1.29 is 19.4 Å². The molecule has 0 unspecified atom stereocenters. The maximum Gasteiger partial charge on any atom is 0.513 e. The lowest BCUT2D eigenvalue weighted by Crippen LogP contribution is -2.34. The molecule has 0 aliphatic carbocycles. The Hall–Kier alpha value is -0.750. The summed E-state index contributed by atoms with van der Waals surface area (Å²) < 4.78 is 3.71. The van der Waals surface area contributed by atoms with Crippen molar-refractivity contribution in [1.82, 2.24) is 0 Å². The Morgan fingerprint density at radius 1 is 1.70 bits per heavy atom. The molecular formula is C4H7NO4S. The van der Waals surface area contributed by atoms with Crippen molar-refractivity contribution in [1.29, 1.82) is 0 Å². The molecule has 0 saturated carbocycles. The number of carboxylic acid groups (broad SMARTS) is 1. The minimum absolute atomic E-state index is 0.0616. The Balaban J connectivity index is 3.73. The van der Waals surface area contributed by atoms with E-state index in [2.05, 4.69) is 17.4 Å². The van der Waals surface area contributed by atoms with Gasteiger partial charge >= 0.3 is 12.1 Å². The molecule has 0 aromatic carbocycles. The van der Waals surface area contributed by atoms with E-state index in [0.717, 1.165) is 0 Å². The third kappa shape index (κ3) is 3.31. The zero-order chi connectivity index (χ0) is 8.15. The van der Waals surface area contributed by atoms with Gasteiger partial charge in [0.15, 0.2) is 0 Å². The SMILES string of the molecule is N[C@@H](CS)C(=O)OC(=O)O. The number of hydrogen-bond donors (Lipinski definition) is 3. The average molecular weight is 165 g/mol. The molecule has 0 bridgehead atoms. The van der Waals surface area contributed by atoms with E-state index < -0.39 is 18.2 Å². The van der Waals surface area contributed by atoms with Crippen molar-refractivity contribution in [2.75, 3.05) is 5.75 Å². The number of hydrogen-bond acceptors (Lipinski definition) is 5. The molecule has 0 aromatic heterocycles. The molecule has 0 aliphatic heterocycles. The smallest absolute Gasteiger partial charge is 0.449 e. The Morgan fingerprint density at radius 2 is 2.20 bits per heavy atom. The van der Waals surface area contributed by atoms with Crippen LogP contribution in [0.25, 0.3) is 0 Å². The summed E-state index contributed by atoms with van der Waals surface area (Å²) in [5, 5.41) is 7.90. The van der Waals surface area contributed by atoms with Crippen molar-refractivity contribution in [2.45, 2.75) is 6.04 Å². The second-order valence-electron chi connectivity index (χ2n) is 1.48. The van der Waals surface area contributed by atoms with E-state index in [4.69, 9.17) is 10.8 Å². The Labute approximate surface area is 62.6 Å². The van der Waals surface area contributed by atoms with Crippen LogP contribution in [0.2, 0.25) is 0 Å². The third-order valence-corrected chi connectivity index (χ3v) is 1.08. The summed E-state index contributed by atoms with van der Waals surface area (Å²) in [6.07, 6.45) is -1.65. The number of carbonyl (C=O) groups is 2. The van der Waals surface area contributed by atoms with Gasteiger partial charge < -0.3 is 15.6 Å². The molecule has 5 nitrogen and oxygen atoms in total. The fourth-order valence-electron chi connectivity index (χ4n) is 0.236. The van der Waals surface area contributed by atoms with Gasteiger partial charge in [-0.15, -0.1) is 0 Å². The van der Waals surface area contributed by atoms with Crippen LogP contribution in [0.4, 0.5) is 4.79 Å². The van der Waals surface area contributed by atoms with Crippen molar-refractivity contribution in [3.63, 3.8) is 0 Å². The van der Waals surface area contributed by atoms with Gasteiger partial charge in [-0.1, -0.05) is 0 Å². The van der Waals surface area contributed by atoms with E-state index >= 15 is 0 Å². The summed E-state index contributed by atoms with van der Waals surface area (Å²) in [5.74, 6) is -0.922. The quantitative estimate of drug-likeness (QED) is 0.290. The summed E-state index contributed by atoms with van der Waals surface area (Å²) in [6, 6.07) is -0.973. The lowest BCUT2D eigenvalue weighted by molar-refractivity contribution is -0.139. The average Bonchev–Trinajstić information content (AvgIpc) is 1.85. The number of nitrogens with two attached hydrogens (primary N) is 1. The van der Waals surface area contributed by atoms with Gasteiger partial charge in [0, 0.05) is 5.75 Å². The van der Waals surface area contributed by atoms with Crippen molar-refractivity contribution in [3.8, 4) is 0 Å². The zero-order valence-corrected chi connectivity index (χ0v) is 5.88. The van der Waals surface area contributed by atoms with Gasteiger partial charge in [-0.05, 0) is 0 Å². The van der Waals surface area contributed by atoms with E-state index in [-0.39, 0.29) is 5.75 Å². The number of ether oxygens (including phenoxy) is 1. The van der Waals surface area contributed by atoms with Crippen LogP contribution in [0.5, 0.6) is 0 Å². The third-order valence-electron chi connectivity index (χ3n) is 0.687. The van der Waals surface area contributed by atoms with Crippen LogP contribution in [0.3, 0.4) is 0 Å². The molecule has 0 heterocycles. The fraction of sp³-hybridized carbons (Fsp3) is 0.500. The maximum absolute atomic E-state index is 10.4. The van der Waals surface area contributed by atoms with E-state index in [1.165, 1.54) is 0 Å². The molecule has 0 spiro atoms. The van der Waals surface area contributed by atoms with Gasteiger partial charge in [-0.25, -0.2) is 9.59 Å². The van der Waals surface area contributed by atoms with Gasteiger partial charge in [0.25, 0.3) is 0 Å². The molecule has 0 fully saturated rings. The minimum atomic E-state index is -1.65. The summed E-state index contributed by atoms with van der Waals surface area (Å²) in [5.41, 5.74) is 5.05. The van der Waals surface area contributed by atoms with Crippen molar-refractivity contribution >= 4 is 24.8 Å². The second-order valence-corrected chi connectivity index (χ2v) is 1.84. The number of esters is 1. The van der Waals surface area contributed by atoms with Crippen LogP contribution in [0.15, 0.2) is 0 Å². The van der Waals surface area contributed by atoms with Gasteiger partial charge in [0.2, 0.25) is 0 Å². The van der Waals surface area contributed by atoms with E-state index in [0.29, 0.717) is 0 Å². The first-order chi connectivity index (χ1) is 4.57.